The normalized spacial score (nSPS) is 13.6. The Labute approximate surface area is 279 Å². The monoisotopic (exact) mass is 647 g/mol. The van der Waals surface area contributed by atoms with E-state index in [1.807, 2.05) is 71.9 Å². The van der Waals surface area contributed by atoms with E-state index in [0.29, 0.717) is 37.2 Å². The Bertz CT molecular complexity index is 1350. The van der Waals surface area contributed by atoms with Crippen molar-refractivity contribution in [1.82, 2.24) is 20.9 Å². The molecule has 0 saturated carbocycles. The van der Waals surface area contributed by atoms with E-state index in [1.54, 1.807) is 36.1 Å². The quantitative estimate of drug-likeness (QED) is 0.0935. The first-order valence-electron chi connectivity index (χ1n) is 16.8. The average molecular weight is 648 g/mol. The van der Waals surface area contributed by atoms with Crippen molar-refractivity contribution in [2.24, 2.45) is 22.9 Å². The van der Waals surface area contributed by atoms with E-state index in [-0.39, 0.29) is 36.0 Å². The molecule has 0 bridgehead atoms. The molecule has 4 atom stereocenters. The van der Waals surface area contributed by atoms with Crippen molar-refractivity contribution in [3.63, 3.8) is 0 Å². The van der Waals surface area contributed by atoms with Gasteiger partial charge in [-0.3, -0.25) is 19.2 Å². The number of hydrogen-bond donors (Lipinski definition) is 3. The van der Waals surface area contributed by atoms with Gasteiger partial charge in [0.25, 0.3) is 11.8 Å². The maximum Gasteiger partial charge on any atom is 0.253 e. The van der Waals surface area contributed by atoms with Crippen LogP contribution in [-0.2, 0) is 16.1 Å². The standard InChI is InChI=1S/C36H53N7O4/c1-8-18-43(19-9-2)36(47)29-17-13-16-28(22-29)34(45)39-30(20-24(3)4)31(41-42-37)21-26(7)33(44)40-32(25(5)6)35(46)38-23-27-14-11-10-12-15-27/h10-17,22,24-26,30-32H,8-9,18-21,23H2,1-7H3,(H,38,46)(H,39,45)(H,40,44). The molecule has 11 heteroatoms. The Morgan fingerprint density at radius 2 is 1.47 bits per heavy atom. The second-order valence-corrected chi connectivity index (χ2v) is 12.9. The SMILES string of the molecule is CCCN(CCC)C(=O)c1cccc(C(=O)NC(CC(C)C)C(CC(C)C(=O)NC(C(=O)NCc2ccccc2)C(C)C)N=[N+]=[N-])c1. The van der Waals surface area contributed by atoms with Crippen LogP contribution >= 0.6 is 0 Å². The summed E-state index contributed by atoms with van der Waals surface area (Å²) >= 11 is 0. The highest BCUT2D eigenvalue weighted by Gasteiger charge is 2.31. The zero-order chi connectivity index (χ0) is 34.9. The lowest BCUT2D eigenvalue weighted by atomic mass is 9.90. The lowest BCUT2D eigenvalue weighted by molar-refractivity contribution is -0.132. The molecule has 2 aromatic carbocycles. The molecule has 2 rings (SSSR count). The van der Waals surface area contributed by atoms with E-state index in [1.165, 1.54) is 0 Å². The van der Waals surface area contributed by atoms with E-state index in [4.69, 9.17) is 0 Å². The Kier molecular flexibility index (Phi) is 16.5. The first-order chi connectivity index (χ1) is 22.4. The molecule has 0 aliphatic heterocycles. The van der Waals surface area contributed by atoms with Crippen LogP contribution in [0.5, 0.6) is 0 Å². The second kappa shape index (κ2) is 20.0. The molecule has 3 N–H and O–H groups in total. The molecule has 0 aromatic heterocycles. The third-order valence-corrected chi connectivity index (χ3v) is 7.95. The van der Waals surface area contributed by atoms with Gasteiger partial charge in [-0.15, -0.1) is 0 Å². The van der Waals surface area contributed by atoms with Crippen LogP contribution in [0.4, 0.5) is 0 Å². The minimum Gasteiger partial charge on any atom is -0.350 e. The van der Waals surface area contributed by atoms with Gasteiger partial charge in [-0.1, -0.05) is 90.0 Å². The summed E-state index contributed by atoms with van der Waals surface area (Å²) < 4.78 is 0. The van der Waals surface area contributed by atoms with Crippen LogP contribution in [0.15, 0.2) is 59.7 Å². The maximum absolute atomic E-state index is 13.5. The number of hydrogen-bond acceptors (Lipinski definition) is 5. The van der Waals surface area contributed by atoms with Crippen molar-refractivity contribution >= 4 is 23.6 Å². The van der Waals surface area contributed by atoms with Crippen molar-refractivity contribution < 1.29 is 19.2 Å². The van der Waals surface area contributed by atoms with Gasteiger partial charge in [0, 0.05) is 47.6 Å². The topological polar surface area (TPSA) is 156 Å². The predicted octanol–water partition coefficient (Wildman–Crippen LogP) is 6.26. The Morgan fingerprint density at radius 1 is 0.830 bits per heavy atom. The van der Waals surface area contributed by atoms with Crippen molar-refractivity contribution in [2.45, 2.75) is 98.8 Å². The highest BCUT2D eigenvalue weighted by Crippen LogP contribution is 2.20. The number of amides is 4. The summed E-state index contributed by atoms with van der Waals surface area (Å²) in [6.45, 7) is 15.1. The van der Waals surface area contributed by atoms with Crippen LogP contribution in [0.1, 0.15) is 100 Å². The number of nitrogens with one attached hydrogen (secondary N) is 3. The molecule has 0 aliphatic carbocycles. The van der Waals surface area contributed by atoms with E-state index in [9.17, 15) is 24.7 Å². The summed E-state index contributed by atoms with van der Waals surface area (Å²) in [6, 6.07) is 14.1. The van der Waals surface area contributed by atoms with E-state index in [0.717, 1.165) is 18.4 Å². The van der Waals surface area contributed by atoms with Crippen molar-refractivity contribution in [3.8, 4) is 0 Å². The van der Waals surface area contributed by atoms with Crippen molar-refractivity contribution in [3.05, 3.63) is 81.7 Å². The number of benzene rings is 2. The van der Waals surface area contributed by atoms with Gasteiger partial charge in [0.15, 0.2) is 0 Å². The highest BCUT2D eigenvalue weighted by molar-refractivity contribution is 5.99. The lowest BCUT2D eigenvalue weighted by Crippen LogP contribution is -2.51. The number of carbonyl (C=O) groups excluding carboxylic acids is 4. The van der Waals surface area contributed by atoms with Crippen LogP contribution < -0.4 is 16.0 Å². The molecule has 11 nitrogen and oxygen atoms in total. The predicted molar refractivity (Wildman–Crippen MR) is 185 cm³/mol. The van der Waals surface area contributed by atoms with Gasteiger partial charge in [-0.2, -0.15) is 0 Å². The molecule has 47 heavy (non-hydrogen) atoms. The average Bonchev–Trinajstić information content (AvgIpc) is 3.05. The Hall–Kier alpha value is -4.37. The van der Waals surface area contributed by atoms with E-state index >= 15 is 0 Å². The zero-order valence-electron chi connectivity index (χ0n) is 29.0. The lowest BCUT2D eigenvalue weighted by Gasteiger charge is -2.29. The fourth-order valence-corrected chi connectivity index (χ4v) is 5.46. The first kappa shape index (κ1) is 38.8. The van der Waals surface area contributed by atoms with Gasteiger partial charge in [0.2, 0.25) is 11.8 Å². The van der Waals surface area contributed by atoms with Crippen LogP contribution in [0, 0.1) is 17.8 Å². The first-order valence-corrected chi connectivity index (χ1v) is 16.8. The molecule has 0 spiro atoms. The van der Waals surface area contributed by atoms with Gasteiger partial charge in [-0.25, -0.2) is 0 Å². The highest BCUT2D eigenvalue weighted by atomic mass is 16.2. The van der Waals surface area contributed by atoms with Crippen LogP contribution in [0.3, 0.4) is 0 Å². The molecule has 2 aromatic rings. The molecule has 0 radical (unpaired) electrons. The summed E-state index contributed by atoms with van der Waals surface area (Å²) in [5, 5.41) is 12.8. The van der Waals surface area contributed by atoms with Gasteiger partial charge in [0.1, 0.15) is 6.04 Å². The molecule has 0 aliphatic rings. The van der Waals surface area contributed by atoms with Crippen LogP contribution in [0.2, 0.25) is 0 Å². The van der Waals surface area contributed by atoms with Gasteiger partial charge >= 0.3 is 0 Å². The van der Waals surface area contributed by atoms with Gasteiger partial charge in [-0.05, 0) is 66.8 Å². The third-order valence-electron chi connectivity index (χ3n) is 7.95. The van der Waals surface area contributed by atoms with Crippen molar-refractivity contribution in [2.75, 3.05) is 13.1 Å². The number of carbonyl (C=O) groups is 4. The largest absolute Gasteiger partial charge is 0.350 e. The zero-order valence-corrected chi connectivity index (χ0v) is 29.0. The second-order valence-electron chi connectivity index (χ2n) is 12.9. The molecule has 0 fully saturated rings. The Morgan fingerprint density at radius 3 is 2.04 bits per heavy atom. The minimum atomic E-state index is -0.752. The molecular formula is C36H53N7O4. The molecule has 0 saturated heterocycles. The summed E-state index contributed by atoms with van der Waals surface area (Å²) in [6.07, 6.45) is 2.32. The Balaban J connectivity index is 2.18. The number of nitrogens with zero attached hydrogens (tertiary/aromatic N) is 4. The fourth-order valence-electron chi connectivity index (χ4n) is 5.46. The minimum absolute atomic E-state index is 0.123. The summed E-state index contributed by atoms with van der Waals surface area (Å²) in [5.74, 6) is -1.79. The molecule has 4 amide bonds. The van der Waals surface area contributed by atoms with Crippen LogP contribution in [0.25, 0.3) is 10.4 Å². The van der Waals surface area contributed by atoms with E-state index < -0.39 is 30.0 Å². The third kappa shape index (κ3) is 12.7. The maximum atomic E-state index is 13.5. The molecule has 256 valence electrons. The summed E-state index contributed by atoms with van der Waals surface area (Å²) in [7, 11) is 0. The molecule has 0 heterocycles. The van der Waals surface area contributed by atoms with Crippen molar-refractivity contribution in [1.29, 1.82) is 0 Å². The van der Waals surface area contributed by atoms with Gasteiger partial charge < -0.3 is 20.9 Å². The molecular weight excluding hydrogens is 594 g/mol. The van der Waals surface area contributed by atoms with E-state index in [2.05, 4.69) is 26.0 Å². The summed E-state index contributed by atoms with van der Waals surface area (Å²) in [5.41, 5.74) is 11.2. The summed E-state index contributed by atoms with van der Waals surface area (Å²) in [4.78, 5) is 57.9. The van der Waals surface area contributed by atoms with Crippen LogP contribution in [-0.4, -0.2) is 59.7 Å². The number of azide groups is 1. The van der Waals surface area contributed by atoms with Gasteiger partial charge in [0.05, 0.1) is 6.04 Å². The number of rotatable bonds is 19. The fraction of sp³-hybridized carbons (Fsp3) is 0.556. The molecule has 4 unspecified atom stereocenters. The smallest absolute Gasteiger partial charge is 0.253 e.